The molecule has 1 unspecified atom stereocenters. The zero-order valence-corrected chi connectivity index (χ0v) is 12.9. The minimum atomic E-state index is -0.659. The third-order valence-electron chi connectivity index (χ3n) is 3.54. The van der Waals surface area contributed by atoms with Crippen LogP contribution in [0.5, 0.6) is 0 Å². The van der Waals surface area contributed by atoms with Gasteiger partial charge in [-0.2, -0.15) is 0 Å². The minimum Gasteiger partial charge on any atom is -0.445 e. The second-order valence-electron chi connectivity index (χ2n) is 5.28. The van der Waals surface area contributed by atoms with Crippen molar-refractivity contribution in [3.8, 4) is 0 Å². The highest BCUT2D eigenvalue weighted by atomic mass is 16.5. The Morgan fingerprint density at radius 3 is 2.61 bits per heavy atom. The summed E-state index contributed by atoms with van der Waals surface area (Å²) in [6.07, 6.45) is -0.612. The van der Waals surface area contributed by atoms with Crippen molar-refractivity contribution < 1.29 is 24.2 Å². The van der Waals surface area contributed by atoms with Crippen LogP contribution in [0.25, 0.3) is 0 Å². The van der Waals surface area contributed by atoms with Crippen LogP contribution in [0.15, 0.2) is 30.3 Å². The van der Waals surface area contributed by atoms with E-state index in [0.29, 0.717) is 26.3 Å². The van der Waals surface area contributed by atoms with Crippen molar-refractivity contribution in [2.45, 2.75) is 19.1 Å². The van der Waals surface area contributed by atoms with Crippen LogP contribution in [-0.2, 0) is 20.9 Å². The highest BCUT2D eigenvalue weighted by molar-refractivity contribution is 5.78. The molecule has 1 aromatic rings. The molecule has 1 atom stereocenters. The first-order chi connectivity index (χ1) is 11.2. The van der Waals surface area contributed by atoms with Gasteiger partial charge in [-0.15, -0.1) is 0 Å². The summed E-state index contributed by atoms with van der Waals surface area (Å²) in [6.45, 7) is 1.92. The first-order valence-corrected chi connectivity index (χ1v) is 7.62. The van der Waals surface area contributed by atoms with E-state index in [9.17, 15) is 14.7 Å². The molecule has 23 heavy (non-hydrogen) atoms. The summed E-state index contributed by atoms with van der Waals surface area (Å²) in [4.78, 5) is 25.5. The zero-order valence-electron chi connectivity index (χ0n) is 12.9. The number of aliphatic hydroxyl groups is 1. The number of aliphatic hydroxyl groups excluding tert-OH is 1. The van der Waals surface area contributed by atoms with E-state index in [4.69, 9.17) is 9.47 Å². The predicted octanol–water partition coefficient (Wildman–Crippen LogP) is 0.523. The fraction of sp³-hybridized carbons (Fsp3) is 0.500. The van der Waals surface area contributed by atoms with E-state index < -0.39 is 12.1 Å². The number of alkyl carbamates (subject to hydrolysis) is 1. The van der Waals surface area contributed by atoms with Crippen LogP contribution in [0.3, 0.4) is 0 Å². The van der Waals surface area contributed by atoms with E-state index in [-0.39, 0.29) is 25.5 Å². The van der Waals surface area contributed by atoms with Crippen LogP contribution in [0.2, 0.25) is 0 Å². The molecule has 2 rings (SSSR count). The summed E-state index contributed by atoms with van der Waals surface area (Å²) in [5.41, 5.74) is 0.868. The van der Waals surface area contributed by atoms with Gasteiger partial charge in [0.05, 0.1) is 25.9 Å². The third kappa shape index (κ3) is 5.88. The van der Waals surface area contributed by atoms with Crippen molar-refractivity contribution in [3.05, 3.63) is 35.9 Å². The SMILES string of the molecule is O=C(NC(CO)CC(=O)N1CCOCC1)OCc1ccccc1. The molecule has 2 N–H and O–H groups in total. The second kappa shape index (κ2) is 9.12. The fourth-order valence-corrected chi connectivity index (χ4v) is 2.25. The smallest absolute Gasteiger partial charge is 0.407 e. The molecule has 1 fully saturated rings. The van der Waals surface area contributed by atoms with E-state index >= 15 is 0 Å². The van der Waals surface area contributed by atoms with Gasteiger partial charge in [0, 0.05) is 19.5 Å². The van der Waals surface area contributed by atoms with E-state index in [1.165, 1.54) is 0 Å². The molecule has 0 aliphatic carbocycles. The first kappa shape index (κ1) is 17.2. The molecule has 1 saturated heterocycles. The average molecular weight is 322 g/mol. The molecule has 0 spiro atoms. The predicted molar refractivity (Wildman–Crippen MR) is 82.7 cm³/mol. The molecule has 0 saturated carbocycles. The maximum absolute atomic E-state index is 12.1. The van der Waals surface area contributed by atoms with E-state index in [2.05, 4.69) is 5.32 Å². The lowest BCUT2D eigenvalue weighted by Crippen LogP contribution is -2.46. The molecule has 1 heterocycles. The Hall–Kier alpha value is -2.12. The van der Waals surface area contributed by atoms with Gasteiger partial charge in [-0.1, -0.05) is 30.3 Å². The lowest BCUT2D eigenvalue weighted by Gasteiger charge is -2.28. The first-order valence-electron chi connectivity index (χ1n) is 7.62. The van der Waals surface area contributed by atoms with Crippen molar-refractivity contribution >= 4 is 12.0 Å². The normalized spacial score (nSPS) is 15.8. The van der Waals surface area contributed by atoms with Crippen LogP contribution < -0.4 is 5.32 Å². The molecular weight excluding hydrogens is 300 g/mol. The molecule has 0 radical (unpaired) electrons. The molecule has 126 valence electrons. The van der Waals surface area contributed by atoms with Gasteiger partial charge in [-0.3, -0.25) is 4.79 Å². The molecule has 0 bridgehead atoms. The fourth-order valence-electron chi connectivity index (χ4n) is 2.25. The van der Waals surface area contributed by atoms with Gasteiger partial charge in [0.25, 0.3) is 0 Å². The Morgan fingerprint density at radius 2 is 1.96 bits per heavy atom. The summed E-state index contributed by atoms with van der Waals surface area (Å²) in [6, 6.07) is 8.62. The van der Waals surface area contributed by atoms with Gasteiger partial charge < -0.3 is 24.8 Å². The topological polar surface area (TPSA) is 88.1 Å². The summed E-state index contributed by atoms with van der Waals surface area (Å²) < 4.78 is 10.3. The summed E-state index contributed by atoms with van der Waals surface area (Å²) >= 11 is 0. The Bertz CT molecular complexity index is 502. The molecule has 7 heteroatoms. The molecule has 7 nitrogen and oxygen atoms in total. The van der Waals surface area contributed by atoms with Gasteiger partial charge in [0.2, 0.25) is 5.91 Å². The summed E-state index contributed by atoms with van der Waals surface area (Å²) in [5.74, 6) is -0.115. The number of carbonyl (C=O) groups excluding carboxylic acids is 2. The standard InChI is InChI=1S/C16H22N2O5/c19-11-14(10-15(20)18-6-8-22-9-7-18)17-16(21)23-12-13-4-2-1-3-5-13/h1-5,14,19H,6-12H2,(H,17,21). The highest BCUT2D eigenvalue weighted by Crippen LogP contribution is 2.04. The quantitative estimate of drug-likeness (QED) is 0.797. The van der Waals surface area contributed by atoms with Crippen LogP contribution in [-0.4, -0.2) is 61.0 Å². The van der Waals surface area contributed by atoms with Crippen LogP contribution >= 0.6 is 0 Å². The lowest BCUT2D eigenvalue weighted by atomic mass is 10.2. The number of carbonyl (C=O) groups is 2. The van der Waals surface area contributed by atoms with Gasteiger partial charge in [0.15, 0.2) is 0 Å². The van der Waals surface area contributed by atoms with Gasteiger partial charge in [-0.05, 0) is 5.56 Å². The number of nitrogens with one attached hydrogen (secondary N) is 1. The summed E-state index contributed by atoms with van der Waals surface area (Å²) in [5, 5.41) is 11.9. The number of nitrogens with zero attached hydrogens (tertiary/aromatic N) is 1. The molecule has 2 amide bonds. The van der Waals surface area contributed by atoms with Gasteiger partial charge in [0.1, 0.15) is 6.61 Å². The number of rotatable bonds is 6. The van der Waals surface area contributed by atoms with Crippen LogP contribution in [0.1, 0.15) is 12.0 Å². The average Bonchev–Trinajstić information content (AvgIpc) is 2.61. The van der Waals surface area contributed by atoms with Crippen LogP contribution in [0.4, 0.5) is 4.79 Å². The molecule has 1 aromatic carbocycles. The lowest BCUT2D eigenvalue weighted by molar-refractivity contribution is -0.136. The molecule has 0 aromatic heterocycles. The molecular formula is C16H22N2O5. The third-order valence-corrected chi connectivity index (χ3v) is 3.54. The number of morpholine rings is 1. The highest BCUT2D eigenvalue weighted by Gasteiger charge is 2.22. The number of ether oxygens (including phenoxy) is 2. The Morgan fingerprint density at radius 1 is 1.26 bits per heavy atom. The van der Waals surface area contributed by atoms with E-state index in [0.717, 1.165) is 5.56 Å². The number of hydrogen-bond donors (Lipinski definition) is 2. The molecule has 1 aliphatic rings. The van der Waals surface area contributed by atoms with Crippen LogP contribution in [0, 0.1) is 0 Å². The number of hydrogen-bond acceptors (Lipinski definition) is 5. The van der Waals surface area contributed by atoms with Gasteiger partial charge in [-0.25, -0.2) is 4.79 Å². The van der Waals surface area contributed by atoms with E-state index in [1.807, 2.05) is 30.3 Å². The molecule has 1 aliphatic heterocycles. The Balaban J connectivity index is 1.74. The maximum atomic E-state index is 12.1. The van der Waals surface area contributed by atoms with E-state index in [1.54, 1.807) is 4.90 Å². The van der Waals surface area contributed by atoms with Crippen molar-refractivity contribution in [1.82, 2.24) is 10.2 Å². The monoisotopic (exact) mass is 322 g/mol. The largest absolute Gasteiger partial charge is 0.445 e. The van der Waals surface area contributed by atoms with Crippen molar-refractivity contribution in [3.63, 3.8) is 0 Å². The van der Waals surface area contributed by atoms with Crippen molar-refractivity contribution in [2.75, 3.05) is 32.9 Å². The number of amides is 2. The minimum absolute atomic E-state index is 0.0386. The van der Waals surface area contributed by atoms with Gasteiger partial charge >= 0.3 is 6.09 Å². The number of benzene rings is 1. The Labute approximate surface area is 135 Å². The summed E-state index contributed by atoms with van der Waals surface area (Å²) in [7, 11) is 0. The Kier molecular flexibility index (Phi) is 6.83. The van der Waals surface area contributed by atoms with Crippen molar-refractivity contribution in [1.29, 1.82) is 0 Å². The maximum Gasteiger partial charge on any atom is 0.407 e. The zero-order chi connectivity index (χ0) is 16.5. The van der Waals surface area contributed by atoms with Crippen molar-refractivity contribution in [2.24, 2.45) is 0 Å². The second-order valence-corrected chi connectivity index (χ2v) is 5.28.